The SMILES string of the molecule is CCOc1cc(C=NNC(=O)c2[nH]c3c(Cl)cc(Br)cc3c2-c2ccccc2Cl)ccc1OC(=O)c1ccccc1. The molecule has 5 aromatic rings. The lowest BCUT2D eigenvalue weighted by atomic mass is 10.0. The molecule has 5 rings (SSSR count). The molecule has 7 nitrogen and oxygen atoms in total. The fraction of sp³-hybridized carbons (Fsp3) is 0.0645. The molecular formula is C31H22BrCl2N3O4. The lowest BCUT2D eigenvalue weighted by Crippen LogP contribution is -2.19. The Kier molecular flexibility index (Phi) is 8.73. The second-order valence-electron chi connectivity index (χ2n) is 8.76. The van der Waals surface area contributed by atoms with Crippen molar-refractivity contribution in [2.24, 2.45) is 5.10 Å². The van der Waals surface area contributed by atoms with Crippen LogP contribution in [0.25, 0.3) is 22.0 Å². The number of aromatic nitrogens is 1. The quantitative estimate of drug-likeness (QED) is 0.0765. The molecule has 206 valence electrons. The van der Waals surface area contributed by atoms with Gasteiger partial charge in [-0.25, -0.2) is 10.2 Å². The molecule has 0 unspecified atom stereocenters. The molecule has 0 aliphatic heterocycles. The van der Waals surface area contributed by atoms with Gasteiger partial charge in [0.25, 0.3) is 5.91 Å². The van der Waals surface area contributed by atoms with Gasteiger partial charge in [-0.1, -0.05) is 75.5 Å². The van der Waals surface area contributed by atoms with Gasteiger partial charge in [0.15, 0.2) is 11.5 Å². The summed E-state index contributed by atoms with van der Waals surface area (Å²) < 4.78 is 12.0. The normalized spacial score (nSPS) is 11.1. The highest BCUT2D eigenvalue weighted by molar-refractivity contribution is 9.10. The zero-order chi connectivity index (χ0) is 28.9. The number of carbonyl (C=O) groups is 2. The number of nitrogens with zero attached hydrogens (tertiary/aromatic N) is 1. The van der Waals surface area contributed by atoms with Gasteiger partial charge in [-0.2, -0.15) is 5.10 Å². The molecule has 1 amide bonds. The summed E-state index contributed by atoms with van der Waals surface area (Å²) in [6.07, 6.45) is 1.46. The zero-order valence-electron chi connectivity index (χ0n) is 21.6. The van der Waals surface area contributed by atoms with Crippen LogP contribution in [0.4, 0.5) is 0 Å². The Hall–Kier alpha value is -4.11. The minimum absolute atomic E-state index is 0.253. The first kappa shape index (κ1) is 28.4. The number of fused-ring (bicyclic) bond motifs is 1. The second kappa shape index (κ2) is 12.6. The molecule has 0 atom stereocenters. The molecule has 1 heterocycles. The Labute approximate surface area is 254 Å². The summed E-state index contributed by atoms with van der Waals surface area (Å²) in [5.74, 6) is -0.352. The number of carbonyl (C=O) groups excluding carboxylic acids is 2. The highest BCUT2D eigenvalue weighted by atomic mass is 79.9. The topological polar surface area (TPSA) is 92.8 Å². The molecule has 2 N–H and O–H groups in total. The van der Waals surface area contributed by atoms with Crippen molar-refractivity contribution in [2.75, 3.05) is 6.61 Å². The van der Waals surface area contributed by atoms with Gasteiger partial charge in [-0.05, 0) is 61.0 Å². The molecule has 0 bridgehead atoms. The van der Waals surface area contributed by atoms with Crippen molar-refractivity contribution >= 4 is 68.1 Å². The van der Waals surface area contributed by atoms with E-state index < -0.39 is 11.9 Å². The van der Waals surface area contributed by atoms with E-state index in [1.807, 2.05) is 37.3 Å². The predicted molar refractivity (Wildman–Crippen MR) is 166 cm³/mol. The van der Waals surface area contributed by atoms with E-state index in [0.717, 1.165) is 9.86 Å². The fourth-order valence-corrected chi connectivity index (χ4v) is 5.33. The first-order valence-electron chi connectivity index (χ1n) is 12.5. The maximum Gasteiger partial charge on any atom is 0.343 e. The number of H-pyrrole nitrogens is 1. The molecule has 0 saturated heterocycles. The van der Waals surface area contributed by atoms with Crippen LogP contribution in [0.3, 0.4) is 0 Å². The molecular weight excluding hydrogens is 629 g/mol. The van der Waals surface area contributed by atoms with E-state index in [0.29, 0.717) is 50.2 Å². The van der Waals surface area contributed by atoms with Crippen molar-refractivity contribution in [1.29, 1.82) is 0 Å². The molecule has 10 heteroatoms. The van der Waals surface area contributed by atoms with Gasteiger partial charge in [-0.3, -0.25) is 4.79 Å². The Morgan fingerprint density at radius 2 is 1.71 bits per heavy atom. The third kappa shape index (κ3) is 6.30. The molecule has 0 spiro atoms. The number of hydrogen-bond acceptors (Lipinski definition) is 5. The van der Waals surface area contributed by atoms with Crippen LogP contribution >= 0.6 is 39.1 Å². The molecule has 0 radical (unpaired) electrons. The highest BCUT2D eigenvalue weighted by Crippen LogP contribution is 2.40. The Bertz CT molecular complexity index is 1790. The maximum atomic E-state index is 13.3. The van der Waals surface area contributed by atoms with Crippen LogP contribution in [0, 0.1) is 0 Å². The number of rotatable bonds is 8. The molecule has 0 aliphatic rings. The molecule has 0 aliphatic carbocycles. The van der Waals surface area contributed by atoms with Crippen molar-refractivity contribution < 1.29 is 19.1 Å². The molecule has 1 aromatic heterocycles. The van der Waals surface area contributed by atoms with E-state index >= 15 is 0 Å². The first-order chi connectivity index (χ1) is 19.9. The minimum atomic E-state index is -0.500. The number of hydrogen-bond donors (Lipinski definition) is 2. The third-order valence-electron chi connectivity index (χ3n) is 6.05. The van der Waals surface area contributed by atoms with Gasteiger partial charge in [0.05, 0.1) is 28.9 Å². The Balaban J connectivity index is 1.40. The van der Waals surface area contributed by atoms with Crippen molar-refractivity contribution in [2.45, 2.75) is 6.92 Å². The molecule has 0 fully saturated rings. The van der Waals surface area contributed by atoms with Crippen molar-refractivity contribution in [1.82, 2.24) is 10.4 Å². The Morgan fingerprint density at radius 1 is 0.951 bits per heavy atom. The molecule has 0 saturated carbocycles. The van der Waals surface area contributed by atoms with Crippen LogP contribution in [0.1, 0.15) is 33.3 Å². The van der Waals surface area contributed by atoms with Gasteiger partial charge < -0.3 is 14.5 Å². The van der Waals surface area contributed by atoms with E-state index in [1.165, 1.54) is 6.21 Å². The van der Waals surface area contributed by atoms with Gasteiger partial charge in [0, 0.05) is 26.0 Å². The van der Waals surface area contributed by atoms with E-state index in [2.05, 4.69) is 31.4 Å². The number of esters is 1. The first-order valence-corrected chi connectivity index (χ1v) is 14.0. The van der Waals surface area contributed by atoms with Crippen molar-refractivity contribution in [3.63, 3.8) is 0 Å². The fourth-order valence-electron chi connectivity index (χ4n) is 4.25. The summed E-state index contributed by atoms with van der Waals surface area (Å²) >= 11 is 16.5. The van der Waals surface area contributed by atoms with Gasteiger partial charge in [0.1, 0.15) is 5.69 Å². The van der Waals surface area contributed by atoms with Crippen LogP contribution in [0.2, 0.25) is 10.0 Å². The van der Waals surface area contributed by atoms with E-state index in [4.69, 9.17) is 32.7 Å². The van der Waals surface area contributed by atoms with Crippen LogP contribution in [0.15, 0.2) is 94.5 Å². The van der Waals surface area contributed by atoms with Gasteiger partial charge in [-0.15, -0.1) is 0 Å². The average molecular weight is 651 g/mol. The lowest BCUT2D eigenvalue weighted by Gasteiger charge is -2.11. The van der Waals surface area contributed by atoms with Crippen molar-refractivity contribution in [3.8, 4) is 22.6 Å². The predicted octanol–water partition coefficient (Wildman–Crippen LogP) is 8.29. The molecule has 41 heavy (non-hydrogen) atoms. The molecule has 4 aromatic carbocycles. The van der Waals surface area contributed by atoms with E-state index in [1.54, 1.807) is 54.6 Å². The van der Waals surface area contributed by atoms with Crippen molar-refractivity contribution in [3.05, 3.63) is 116 Å². The van der Waals surface area contributed by atoms with E-state index in [9.17, 15) is 9.59 Å². The summed E-state index contributed by atoms with van der Waals surface area (Å²) in [4.78, 5) is 29.0. The van der Waals surface area contributed by atoms with Gasteiger partial charge in [0.2, 0.25) is 0 Å². The number of halogens is 3. The Morgan fingerprint density at radius 3 is 2.46 bits per heavy atom. The van der Waals surface area contributed by atoms with Crippen LogP contribution in [0.5, 0.6) is 11.5 Å². The number of amides is 1. The number of hydrazone groups is 1. The van der Waals surface area contributed by atoms with Crippen LogP contribution in [-0.4, -0.2) is 29.7 Å². The largest absolute Gasteiger partial charge is 0.490 e. The summed E-state index contributed by atoms with van der Waals surface area (Å²) in [5.41, 5.74) is 5.73. The van der Waals surface area contributed by atoms with Crippen LogP contribution < -0.4 is 14.9 Å². The number of benzene rings is 4. The highest BCUT2D eigenvalue weighted by Gasteiger charge is 2.22. The minimum Gasteiger partial charge on any atom is -0.490 e. The van der Waals surface area contributed by atoms with Gasteiger partial charge >= 0.3 is 5.97 Å². The summed E-state index contributed by atoms with van der Waals surface area (Å²) in [5, 5.41) is 5.80. The lowest BCUT2D eigenvalue weighted by molar-refractivity contribution is 0.0728. The number of aromatic amines is 1. The second-order valence-corrected chi connectivity index (χ2v) is 10.5. The smallest absolute Gasteiger partial charge is 0.343 e. The monoisotopic (exact) mass is 649 g/mol. The summed E-state index contributed by atoms with van der Waals surface area (Å²) in [6.45, 7) is 2.18. The summed E-state index contributed by atoms with van der Waals surface area (Å²) in [6, 6.07) is 24.5. The van der Waals surface area contributed by atoms with Crippen LogP contribution in [-0.2, 0) is 0 Å². The van der Waals surface area contributed by atoms with E-state index in [-0.39, 0.29) is 11.4 Å². The maximum absolute atomic E-state index is 13.3. The number of ether oxygens (including phenoxy) is 2. The average Bonchev–Trinajstić information content (AvgIpc) is 3.35. The third-order valence-corrected chi connectivity index (χ3v) is 7.14. The zero-order valence-corrected chi connectivity index (χ0v) is 24.7. The number of nitrogens with one attached hydrogen (secondary N) is 2. The summed E-state index contributed by atoms with van der Waals surface area (Å²) in [7, 11) is 0. The standard InChI is InChI=1S/C31H22BrCl2N3O4/c1-2-40-26-14-18(12-13-25(26)41-31(39)19-8-4-3-5-9-19)17-35-37-30(38)29-27(21-10-6-7-11-23(21)33)22-15-20(32)16-24(34)28(22)36-29/h3-17,36H,2H2,1H3,(H,37,38).